The second kappa shape index (κ2) is 7.75. The highest BCUT2D eigenvalue weighted by Crippen LogP contribution is 2.21. The standard InChI is InChI=1S/C17H27FN2/c1-3-17(15-5-4-6-16(18)13-15)19-10-7-14-8-11-20(2)12-9-14/h4-6,13-14,17,19H,3,7-12H2,1-2H3. The van der Waals surface area contributed by atoms with Gasteiger partial charge in [-0.2, -0.15) is 0 Å². The minimum absolute atomic E-state index is 0.141. The van der Waals surface area contributed by atoms with Gasteiger partial charge in [0, 0.05) is 6.04 Å². The van der Waals surface area contributed by atoms with Crippen LogP contribution in [-0.2, 0) is 0 Å². The number of likely N-dealkylation sites (tertiary alicyclic amines) is 1. The Kier molecular flexibility index (Phi) is 5.99. The van der Waals surface area contributed by atoms with Crippen molar-refractivity contribution in [1.29, 1.82) is 0 Å². The van der Waals surface area contributed by atoms with Crippen molar-refractivity contribution in [2.45, 2.75) is 38.6 Å². The van der Waals surface area contributed by atoms with Crippen LogP contribution in [0.5, 0.6) is 0 Å². The molecule has 0 aromatic heterocycles. The van der Waals surface area contributed by atoms with Crippen LogP contribution in [0.2, 0.25) is 0 Å². The van der Waals surface area contributed by atoms with Crippen molar-refractivity contribution >= 4 is 0 Å². The van der Waals surface area contributed by atoms with Crippen molar-refractivity contribution in [3.05, 3.63) is 35.6 Å². The Hall–Kier alpha value is -0.930. The number of hydrogen-bond donors (Lipinski definition) is 1. The van der Waals surface area contributed by atoms with Gasteiger partial charge in [-0.15, -0.1) is 0 Å². The van der Waals surface area contributed by atoms with Crippen molar-refractivity contribution in [1.82, 2.24) is 10.2 Å². The Morgan fingerprint density at radius 3 is 2.75 bits per heavy atom. The summed E-state index contributed by atoms with van der Waals surface area (Å²) in [6.07, 6.45) is 4.86. The highest BCUT2D eigenvalue weighted by molar-refractivity contribution is 5.19. The molecule has 1 aliphatic heterocycles. The van der Waals surface area contributed by atoms with E-state index in [1.54, 1.807) is 12.1 Å². The quantitative estimate of drug-likeness (QED) is 0.855. The topological polar surface area (TPSA) is 15.3 Å². The van der Waals surface area contributed by atoms with Gasteiger partial charge in [0.2, 0.25) is 0 Å². The van der Waals surface area contributed by atoms with Crippen LogP contribution < -0.4 is 5.32 Å². The summed E-state index contributed by atoms with van der Waals surface area (Å²) < 4.78 is 13.3. The van der Waals surface area contributed by atoms with Crippen molar-refractivity contribution in [2.24, 2.45) is 5.92 Å². The lowest BCUT2D eigenvalue weighted by Crippen LogP contribution is -2.32. The Balaban J connectivity index is 1.76. The molecule has 20 heavy (non-hydrogen) atoms. The van der Waals surface area contributed by atoms with Gasteiger partial charge in [0.25, 0.3) is 0 Å². The van der Waals surface area contributed by atoms with Gasteiger partial charge in [0.05, 0.1) is 0 Å². The highest BCUT2D eigenvalue weighted by Gasteiger charge is 2.17. The molecule has 1 aromatic rings. The van der Waals surface area contributed by atoms with Crippen molar-refractivity contribution in [3.63, 3.8) is 0 Å². The fourth-order valence-corrected chi connectivity index (χ4v) is 3.03. The second-order valence-electron chi connectivity index (χ2n) is 6.01. The molecule has 0 aliphatic carbocycles. The molecule has 0 radical (unpaired) electrons. The molecule has 2 nitrogen and oxygen atoms in total. The fraction of sp³-hybridized carbons (Fsp3) is 0.647. The zero-order chi connectivity index (χ0) is 14.4. The second-order valence-corrected chi connectivity index (χ2v) is 6.01. The maximum Gasteiger partial charge on any atom is 0.123 e. The van der Waals surface area contributed by atoms with E-state index in [-0.39, 0.29) is 11.9 Å². The van der Waals surface area contributed by atoms with Gasteiger partial charge in [-0.25, -0.2) is 4.39 Å². The first-order chi connectivity index (χ1) is 9.69. The van der Waals surface area contributed by atoms with E-state index in [4.69, 9.17) is 0 Å². The third-order valence-corrected chi connectivity index (χ3v) is 4.44. The molecule has 0 bridgehead atoms. The van der Waals surface area contributed by atoms with E-state index < -0.39 is 0 Å². The summed E-state index contributed by atoms with van der Waals surface area (Å²) in [6.45, 7) is 5.64. The number of piperidine rings is 1. The Bertz CT molecular complexity index is 400. The predicted octanol–water partition coefficient (Wildman–Crippen LogP) is 3.60. The van der Waals surface area contributed by atoms with Crippen LogP contribution in [0.4, 0.5) is 4.39 Å². The first-order valence-electron chi connectivity index (χ1n) is 7.86. The van der Waals surface area contributed by atoms with Crippen LogP contribution in [0.15, 0.2) is 24.3 Å². The first-order valence-corrected chi connectivity index (χ1v) is 7.86. The molecule has 3 heteroatoms. The molecule has 1 saturated heterocycles. The van der Waals surface area contributed by atoms with Crippen LogP contribution in [0, 0.1) is 11.7 Å². The van der Waals surface area contributed by atoms with Crippen molar-refractivity contribution < 1.29 is 4.39 Å². The predicted molar refractivity (Wildman–Crippen MR) is 82.3 cm³/mol. The molecule has 1 atom stereocenters. The third kappa shape index (κ3) is 4.57. The van der Waals surface area contributed by atoms with E-state index in [1.165, 1.54) is 38.4 Å². The van der Waals surface area contributed by atoms with E-state index in [0.29, 0.717) is 0 Å². The van der Waals surface area contributed by atoms with Crippen LogP contribution in [0.1, 0.15) is 44.2 Å². The first kappa shape index (κ1) is 15.5. The average molecular weight is 278 g/mol. The number of hydrogen-bond acceptors (Lipinski definition) is 2. The third-order valence-electron chi connectivity index (χ3n) is 4.44. The van der Waals surface area contributed by atoms with E-state index >= 15 is 0 Å². The molecule has 1 N–H and O–H groups in total. The number of rotatable bonds is 6. The van der Waals surface area contributed by atoms with Crippen molar-refractivity contribution in [3.8, 4) is 0 Å². The minimum Gasteiger partial charge on any atom is -0.310 e. The van der Waals surface area contributed by atoms with Crippen molar-refractivity contribution in [2.75, 3.05) is 26.7 Å². The van der Waals surface area contributed by atoms with Gasteiger partial charge in [0.1, 0.15) is 5.82 Å². The molecule has 1 aromatic carbocycles. The van der Waals surface area contributed by atoms with E-state index in [9.17, 15) is 4.39 Å². The summed E-state index contributed by atoms with van der Waals surface area (Å²) in [5, 5.41) is 3.59. The molecule has 0 spiro atoms. The summed E-state index contributed by atoms with van der Waals surface area (Å²) in [7, 11) is 2.20. The molecule has 1 fully saturated rings. The Morgan fingerprint density at radius 2 is 2.10 bits per heavy atom. The summed E-state index contributed by atoms with van der Waals surface area (Å²) in [6, 6.07) is 7.24. The Morgan fingerprint density at radius 1 is 1.35 bits per heavy atom. The largest absolute Gasteiger partial charge is 0.310 e. The fourth-order valence-electron chi connectivity index (χ4n) is 3.03. The average Bonchev–Trinajstić information content (AvgIpc) is 2.45. The highest BCUT2D eigenvalue weighted by atomic mass is 19.1. The normalized spacial score (nSPS) is 19.1. The van der Waals surface area contributed by atoms with Crippen LogP contribution in [0.3, 0.4) is 0 Å². The number of halogens is 1. The lowest BCUT2D eigenvalue weighted by molar-refractivity contribution is 0.210. The monoisotopic (exact) mass is 278 g/mol. The SMILES string of the molecule is CCC(NCCC1CCN(C)CC1)c1cccc(F)c1. The van der Waals surface area contributed by atoms with Gasteiger partial charge >= 0.3 is 0 Å². The summed E-state index contributed by atoms with van der Waals surface area (Å²) >= 11 is 0. The summed E-state index contributed by atoms with van der Waals surface area (Å²) in [4.78, 5) is 2.41. The zero-order valence-electron chi connectivity index (χ0n) is 12.7. The van der Waals surface area contributed by atoms with Crippen LogP contribution >= 0.6 is 0 Å². The van der Waals surface area contributed by atoms with Gasteiger partial charge in [0.15, 0.2) is 0 Å². The molecule has 0 saturated carbocycles. The number of nitrogens with one attached hydrogen (secondary N) is 1. The van der Waals surface area contributed by atoms with Crippen LogP contribution in [-0.4, -0.2) is 31.6 Å². The molecular weight excluding hydrogens is 251 g/mol. The molecule has 2 rings (SSSR count). The molecule has 0 amide bonds. The summed E-state index contributed by atoms with van der Waals surface area (Å²) in [5.74, 6) is 0.710. The zero-order valence-corrected chi connectivity index (χ0v) is 12.7. The van der Waals surface area contributed by atoms with Gasteiger partial charge < -0.3 is 10.2 Å². The maximum atomic E-state index is 13.3. The lowest BCUT2D eigenvalue weighted by Gasteiger charge is -2.29. The molecule has 112 valence electrons. The van der Waals surface area contributed by atoms with E-state index in [2.05, 4.69) is 24.2 Å². The van der Waals surface area contributed by atoms with Gasteiger partial charge in [-0.05, 0) is 76.0 Å². The molecule has 1 aliphatic rings. The molecular formula is C17H27FN2. The van der Waals surface area contributed by atoms with Crippen LogP contribution in [0.25, 0.3) is 0 Å². The smallest absolute Gasteiger partial charge is 0.123 e. The van der Waals surface area contributed by atoms with E-state index in [1.807, 2.05) is 6.07 Å². The van der Waals surface area contributed by atoms with Gasteiger partial charge in [-0.1, -0.05) is 19.1 Å². The Labute approximate surface area is 122 Å². The summed E-state index contributed by atoms with van der Waals surface area (Å²) in [5.41, 5.74) is 1.07. The van der Waals surface area contributed by atoms with E-state index in [0.717, 1.165) is 24.4 Å². The van der Waals surface area contributed by atoms with Gasteiger partial charge in [-0.3, -0.25) is 0 Å². The molecule has 1 heterocycles. The maximum absolute atomic E-state index is 13.3. The lowest BCUT2D eigenvalue weighted by atomic mass is 9.93. The minimum atomic E-state index is -0.141. The number of benzene rings is 1. The number of nitrogens with zero attached hydrogens (tertiary/aromatic N) is 1. The molecule has 1 unspecified atom stereocenters.